The Kier molecular flexibility index (Phi) is 5.82. The number of rotatable bonds is 6. The predicted molar refractivity (Wildman–Crippen MR) is 109 cm³/mol. The second-order valence-electron chi connectivity index (χ2n) is 6.10. The number of benzene rings is 3. The highest BCUT2D eigenvalue weighted by molar-refractivity contribution is 6.09. The number of hydrogen-bond donors (Lipinski definition) is 2. The molecular weight excluding hydrogens is 352 g/mol. The molecule has 4 heteroatoms. The summed E-state index contributed by atoms with van der Waals surface area (Å²) in [5, 5.41) is 19.4. The zero-order valence-corrected chi connectivity index (χ0v) is 14.9. The molecule has 0 fully saturated rings. The van der Waals surface area contributed by atoms with Crippen LogP contribution in [0.25, 0.3) is 12.2 Å². The molecule has 0 amide bonds. The Labute approximate surface area is 162 Å². The van der Waals surface area contributed by atoms with Crippen LogP contribution in [0.3, 0.4) is 0 Å². The van der Waals surface area contributed by atoms with E-state index in [9.17, 15) is 19.8 Å². The van der Waals surface area contributed by atoms with Gasteiger partial charge in [0.1, 0.15) is 11.5 Å². The fourth-order valence-corrected chi connectivity index (χ4v) is 2.61. The Morgan fingerprint density at radius 3 is 1.29 bits per heavy atom. The molecule has 3 aromatic carbocycles. The van der Waals surface area contributed by atoms with Gasteiger partial charge < -0.3 is 10.2 Å². The Balaban J connectivity index is 1.67. The SMILES string of the molecule is O=C(C=Cc1ccc(C=CC(=O)c2ccccc2O)cc1)c1ccccc1O. The van der Waals surface area contributed by atoms with E-state index in [1.807, 2.05) is 24.3 Å². The number of hydrogen-bond acceptors (Lipinski definition) is 4. The summed E-state index contributed by atoms with van der Waals surface area (Å²) in [5.74, 6) is -0.663. The number of phenols is 2. The number of phenolic OH excluding ortho intramolecular Hbond substituents is 2. The van der Waals surface area contributed by atoms with E-state index in [0.29, 0.717) is 0 Å². The van der Waals surface area contributed by atoms with Crippen molar-refractivity contribution in [1.82, 2.24) is 0 Å². The minimum atomic E-state index is -0.282. The van der Waals surface area contributed by atoms with Crippen LogP contribution in [0.15, 0.2) is 84.9 Å². The third-order valence-corrected chi connectivity index (χ3v) is 4.13. The number of carbonyl (C=O) groups excluding carboxylic acids is 2. The first-order valence-electron chi connectivity index (χ1n) is 8.65. The summed E-state index contributed by atoms with van der Waals surface area (Å²) in [5.41, 5.74) is 2.13. The van der Waals surface area contributed by atoms with Gasteiger partial charge in [-0.15, -0.1) is 0 Å². The minimum Gasteiger partial charge on any atom is -0.507 e. The van der Waals surface area contributed by atoms with E-state index in [0.717, 1.165) is 11.1 Å². The van der Waals surface area contributed by atoms with Gasteiger partial charge in [-0.05, 0) is 47.5 Å². The summed E-state index contributed by atoms with van der Waals surface area (Å²) in [6.45, 7) is 0. The Bertz CT molecular complexity index is 973. The molecule has 138 valence electrons. The summed E-state index contributed by atoms with van der Waals surface area (Å²) in [7, 11) is 0. The molecule has 0 saturated heterocycles. The lowest BCUT2D eigenvalue weighted by Gasteiger charge is -2.00. The van der Waals surface area contributed by atoms with Crippen molar-refractivity contribution >= 4 is 23.7 Å². The van der Waals surface area contributed by atoms with E-state index in [1.165, 1.54) is 24.3 Å². The lowest BCUT2D eigenvalue weighted by atomic mass is 10.1. The van der Waals surface area contributed by atoms with Crippen molar-refractivity contribution in [2.24, 2.45) is 0 Å². The highest BCUT2D eigenvalue weighted by atomic mass is 16.3. The largest absolute Gasteiger partial charge is 0.507 e. The van der Waals surface area contributed by atoms with Crippen LogP contribution in [0.5, 0.6) is 11.5 Å². The standard InChI is InChI=1S/C24H18O4/c25-21-7-3-1-5-19(21)23(27)15-13-17-9-11-18(12-10-17)14-16-24(28)20-6-2-4-8-22(20)26/h1-16,25-26H. The van der Waals surface area contributed by atoms with Crippen LogP contribution >= 0.6 is 0 Å². The van der Waals surface area contributed by atoms with E-state index in [2.05, 4.69) is 0 Å². The highest BCUT2D eigenvalue weighted by Crippen LogP contribution is 2.18. The maximum atomic E-state index is 12.1. The molecule has 0 aliphatic rings. The first-order valence-corrected chi connectivity index (χ1v) is 8.65. The molecular formula is C24H18O4. The smallest absolute Gasteiger partial charge is 0.189 e. The molecule has 2 N–H and O–H groups in total. The van der Waals surface area contributed by atoms with Crippen molar-refractivity contribution < 1.29 is 19.8 Å². The van der Waals surface area contributed by atoms with Crippen LogP contribution in [0, 0.1) is 0 Å². The number of allylic oxidation sites excluding steroid dienone is 2. The lowest BCUT2D eigenvalue weighted by Crippen LogP contribution is -1.94. The van der Waals surface area contributed by atoms with E-state index >= 15 is 0 Å². The van der Waals surface area contributed by atoms with Crippen molar-refractivity contribution in [1.29, 1.82) is 0 Å². The first-order chi connectivity index (χ1) is 13.5. The van der Waals surface area contributed by atoms with Crippen LogP contribution in [0.2, 0.25) is 0 Å². The summed E-state index contributed by atoms with van der Waals surface area (Å²) in [4.78, 5) is 24.3. The van der Waals surface area contributed by atoms with Crippen LogP contribution in [0.4, 0.5) is 0 Å². The Morgan fingerprint density at radius 2 is 0.929 bits per heavy atom. The maximum absolute atomic E-state index is 12.1. The second kappa shape index (κ2) is 8.64. The Hall–Kier alpha value is -3.92. The summed E-state index contributed by atoms with van der Waals surface area (Å²) >= 11 is 0. The number of ketones is 2. The molecule has 0 aliphatic carbocycles. The monoisotopic (exact) mass is 370 g/mol. The average molecular weight is 370 g/mol. The number of carbonyl (C=O) groups is 2. The summed E-state index contributed by atoms with van der Waals surface area (Å²) < 4.78 is 0. The van der Waals surface area contributed by atoms with Crippen LogP contribution < -0.4 is 0 Å². The van der Waals surface area contributed by atoms with Gasteiger partial charge in [0.2, 0.25) is 0 Å². The number of para-hydroxylation sites is 2. The molecule has 4 nitrogen and oxygen atoms in total. The van der Waals surface area contributed by atoms with Crippen molar-refractivity contribution in [3.8, 4) is 11.5 Å². The van der Waals surface area contributed by atoms with E-state index < -0.39 is 0 Å². The minimum absolute atomic E-state index is 0.0493. The van der Waals surface area contributed by atoms with Gasteiger partial charge in [-0.1, -0.05) is 60.7 Å². The zero-order valence-electron chi connectivity index (χ0n) is 14.9. The van der Waals surface area contributed by atoms with Crippen LogP contribution in [0.1, 0.15) is 31.8 Å². The topological polar surface area (TPSA) is 74.6 Å². The second-order valence-corrected chi connectivity index (χ2v) is 6.10. The van der Waals surface area contributed by atoms with Crippen molar-refractivity contribution in [3.63, 3.8) is 0 Å². The fraction of sp³-hybridized carbons (Fsp3) is 0. The fourth-order valence-electron chi connectivity index (χ4n) is 2.61. The van der Waals surface area contributed by atoms with Crippen molar-refractivity contribution in [3.05, 3.63) is 107 Å². The third kappa shape index (κ3) is 4.62. The lowest BCUT2D eigenvalue weighted by molar-refractivity contribution is 0.103. The molecule has 3 rings (SSSR count). The predicted octanol–water partition coefficient (Wildman–Crippen LogP) is 4.89. The average Bonchev–Trinajstić information content (AvgIpc) is 2.71. The van der Waals surface area contributed by atoms with Gasteiger partial charge in [0.05, 0.1) is 11.1 Å². The van der Waals surface area contributed by atoms with Crippen molar-refractivity contribution in [2.75, 3.05) is 0 Å². The zero-order chi connectivity index (χ0) is 19.9. The van der Waals surface area contributed by atoms with Gasteiger partial charge in [0.15, 0.2) is 11.6 Å². The van der Waals surface area contributed by atoms with E-state index in [4.69, 9.17) is 0 Å². The Morgan fingerprint density at radius 1 is 0.571 bits per heavy atom. The molecule has 0 spiro atoms. The van der Waals surface area contributed by atoms with Gasteiger partial charge in [0, 0.05) is 0 Å². The molecule has 0 heterocycles. The molecule has 0 atom stereocenters. The van der Waals surface area contributed by atoms with Crippen LogP contribution in [-0.4, -0.2) is 21.8 Å². The van der Waals surface area contributed by atoms with Gasteiger partial charge in [-0.3, -0.25) is 9.59 Å². The normalized spacial score (nSPS) is 11.1. The third-order valence-electron chi connectivity index (χ3n) is 4.13. The molecule has 0 aromatic heterocycles. The molecule has 0 unspecified atom stereocenters. The van der Waals surface area contributed by atoms with Crippen molar-refractivity contribution in [2.45, 2.75) is 0 Å². The molecule has 0 bridgehead atoms. The van der Waals surface area contributed by atoms with Gasteiger partial charge >= 0.3 is 0 Å². The van der Waals surface area contributed by atoms with Gasteiger partial charge in [0.25, 0.3) is 0 Å². The molecule has 0 radical (unpaired) electrons. The maximum Gasteiger partial charge on any atom is 0.189 e. The van der Waals surface area contributed by atoms with Gasteiger partial charge in [-0.25, -0.2) is 0 Å². The van der Waals surface area contributed by atoms with E-state index in [1.54, 1.807) is 48.6 Å². The van der Waals surface area contributed by atoms with Gasteiger partial charge in [-0.2, -0.15) is 0 Å². The summed E-state index contributed by atoms with van der Waals surface area (Å²) in [6, 6.07) is 20.1. The quantitative estimate of drug-likeness (QED) is 0.478. The molecule has 0 saturated carbocycles. The number of aromatic hydroxyl groups is 2. The highest BCUT2D eigenvalue weighted by Gasteiger charge is 2.07. The van der Waals surface area contributed by atoms with E-state index in [-0.39, 0.29) is 34.2 Å². The molecule has 28 heavy (non-hydrogen) atoms. The summed E-state index contributed by atoms with van der Waals surface area (Å²) in [6.07, 6.45) is 6.13. The molecule has 3 aromatic rings. The molecule has 0 aliphatic heterocycles. The first kappa shape index (κ1) is 18.9. The van der Waals surface area contributed by atoms with Crippen LogP contribution in [-0.2, 0) is 0 Å².